The number of guanidine groups is 1. The third-order valence-corrected chi connectivity index (χ3v) is 8.74. The van der Waals surface area contributed by atoms with Crippen molar-refractivity contribution in [1.82, 2.24) is 34.9 Å². The topological polar surface area (TPSA) is 148 Å². The van der Waals surface area contributed by atoms with Gasteiger partial charge in [0.1, 0.15) is 18.8 Å². The molecule has 12 nitrogen and oxygen atoms in total. The molecule has 274 valence electrons. The lowest BCUT2D eigenvalue weighted by Crippen LogP contribution is -2.49. The van der Waals surface area contributed by atoms with Crippen LogP contribution in [0.2, 0.25) is 5.02 Å². The summed E-state index contributed by atoms with van der Waals surface area (Å²) in [4.78, 5) is 46.1. The van der Waals surface area contributed by atoms with E-state index in [4.69, 9.17) is 21.3 Å². The Balaban J connectivity index is 1.47. The molecule has 2 N–H and O–H groups in total. The van der Waals surface area contributed by atoms with Crippen molar-refractivity contribution in [2.45, 2.75) is 51.8 Å². The van der Waals surface area contributed by atoms with Gasteiger partial charge in [0, 0.05) is 23.5 Å². The molecular weight excluding hydrogens is 713 g/mol. The summed E-state index contributed by atoms with van der Waals surface area (Å²) in [5.74, 6) is -2.57. The van der Waals surface area contributed by atoms with Crippen molar-refractivity contribution >= 4 is 29.6 Å². The van der Waals surface area contributed by atoms with Gasteiger partial charge in [-0.2, -0.15) is 5.10 Å². The van der Waals surface area contributed by atoms with Crippen LogP contribution in [0.4, 0.5) is 18.0 Å². The predicted octanol–water partition coefficient (Wildman–Crippen LogP) is 6.94. The van der Waals surface area contributed by atoms with Gasteiger partial charge in [0.2, 0.25) is 5.96 Å². The van der Waals surface area contributed by atoms with Gasteiger partial charge in [-0.3, -0.25) is 25.0 Å². The van der Waals surface area contributed by atoms with Gasteiger partial charge in [0.15, 0.2) is 11.4 Å². The summed E-state index contributed by atoms with van der Waals surface area (Å²) >= 11 is 6.43. The average molecular weight is 747 g/mol. The zero-order chi connectivity index (χ0) is 37.9. The molecule has 0 bridgehead atoms. The van der Waals surface area contributed by atoms with Crippen LogP contribution < -0.4 is 5.32 Å². The van der Waals surface area contributed by atoms with Crippen LogP contribution in [0.1, 0.15) is 62.2 Å². The first-order chi connectivity index (χ1) is 25.3. The van der Waals surface area contributed by atoms with Crippen LogP contribution in [0.15, 0.2) is 96.6 Å². The maximum atomic E-state index is 16.4. The third kappa shape index (κ3) is 7.76. The molecule has 2 aromatic heterocycles. The van der Waals surface area contributed by atoms with Crippen molar-refractivity contribution in [2.24, 2.45) is 10.4 Å². The first-order valence-corrected chi connectivity index (χ1v) is 16.8. The van der Waals surface area contributed by atoms with Gasteiger partial charge in [0.05, 0.1) is 35.2 Å². The lowest BCUT2D eigenvalue weighted by Gasteiger charge is -2.35. The highest BCUT2D eigenvalue weighted by Gasteiger charge is 2.55. The number of aliphatic hydroxyl groups excluding tert-OH is 1. The number of halogens is 4. The van der Waals surface area contributed by atoms with Crippen LogP contribution in [0.25, 0.3) is 16.9 Å². The van der Waals surface area contributed by atoms with Crippen LogP contribution in [-0.4, -0.2) is 59.3 Å². The number of carbonyl (C=O) groups excluding carboxylic acids is 2. The van der Waals surface area contributed by atoms with Gasteiger partial charge in [-0.15, -0.1) is 0 Å². The number of carbonyl (C=O) groups is 2. The summed E-state index contributed by atoms with van der Waals surface area (Å²) in [6.07, 6.45) is 1.35. The van der Waals surface area contributed by atoms with Crippen LogP contribution >= 0.6 is 11.6 Å². The molecule has 0 unspecified atom stereocenters. The minimum Gasteiger partial charge on any atom is -0.444 e. The lowest BCUT2D eigenvalue weighted by molar-refractivity contribution is -0.135. The monoisotopic (exact) mass is 746 g/mol. The molecule has 2 atom stereocenters. The number of aromatic nitrogens is 5. The second-order valence-corrected chi connectivity index (χ2v) is 13.8. The Morgan fingerprint density at radius 3 is 2.49 bits per heavy atom. The Hall–Kier alpha value is -5.67. The van der Waals surface area contributed by atoms with E-state index in [0.29, 0.717) is 16.8 Å². The largest absolute Gasteiger partial charge is 0.444 e. The number of ether oxygens (including phenoxy) is 1. The number of alkyl carbamates (subject to hydrolysis) is 1. The lowest BCUT2D eigenvalue weighted by atomic mass is 9.75. The quantitative estimate of drug-likeness (QED) is 0.156. The van der Waals surface area contributed by atoms with E-state index in [2.05, 4.69) is 25.4 Å². The fourth-order valence-electron chi connectivity index (χ4n) is 6.24. The summed E-state index contributed by atoms with van der Waals surface area (Å²) in [6.45, 7) is 4.68. The zero-order valence-corrected chi connectivity index (χ0v) is 29.5. The molecule has 16 heteroatoms. The Kier molecular flexibility index (Phi) is 10.6. The minimum absolute atomic E-state index is 0.0117. The van der Waals surface area contributed by atoms with Gasteiger partial charge >= 0.3 is 6.09 Å². The number of hydrogen-bond donors (Lipinski definition) is 2. The standard InChI is InChI=1S/C37H34ClF3N8O4/c1-36(2,3)20-37(25-11-9-23(15-27(25)39)28-17-42-13-14-43-28)33(51)48(34(47-37)46-35(52)53-19-22-7-5-4-6-8-22)30(18-50)24-10-12-26(38)29(16-24)49-32(31(40)41)44-21-45-49/h4-17,21,30-31,50H,18-20H2,1-3H3,(H,46,47,52)/t30-,37-/m1/s1. The molecule has 2 amide bonds. The van der Waals surface area contributed by atoms with E-state index in [1.54, 1.807) is 30.3 Å². The Morgan fingerprint density at radius 1 is 1.06 bits per heavy atom. The second kappa shape index (κ2) is 15.1. The van der Waals surface area contributed by atoms with Gasteiger partial charge in [0.25, 0.3) is 12.3 Å². The average Bonchev–Trinajstić information content (AvgIpc) is 3.72. The minimum atomic E-state index is -3.00. The van der Waals surface area contributed by atoms with Crippen molar-refractivity contribution in [3.8, 4) is 16.9 Å². The van der Waals surface area contributed by atoms with Crippen LogP contribution in [-0.2, 0) is 21.7 Å². The molecule has 0 radical (unpaired) electrons. The molecule has 6 rings (SSSR count). The number of aliphatic hydroxyl groups is 1. The fourth-order valence-corrected chi connectivity index (χ4v) is 6.43. The third-order valence-electron chi connectivity index (χ3n) is 8.42. The number of amides is 2. The van der Waals surface area contributed by atoms with Crippen molar-refractivity contribution in [2.75, 3.05) is 6.61 Å². The number of benzene rings is 3. The summed E-state index contributed by atoms with van der Waals surface area (Å²) in [5.41, 5.74) is -1.02. The van der Waals surface area contributed by atoms with Gasteiger partial charge < -0.3 is 9.84 Å². The van der Waals surface area contributed by atoms with E-state index in [1.807, 2.05) is 26.8 Å². The Labute approximate surface area is 307 Å². The van der Waals surface area contributed by atoms with Crippen LogP contribution in [0, 0.1) is 11.2 Å². The van der Waals surface area contributed by atoms with E-state index < -0.39 is 53.7 Å². The molecule has 1 aliphatic rings. The smallest absolute Gasteiger partial charge is 0.414 e. The van der Waals surface area contributed by atoms with Gasteiger partial charge in [-0.05, 0) is 41.2 Å². The van der Waals surface area contributed by atoms with Gasteiger partial charge in [-0.25, -0.2) is 32.6 Å². The zero-order valence-electron chi connectivity index (χ0n) is 28.8. The van der Waals surface area contributed by atoms with Crippen molar-refractivity contribution in [3.05, 3.63) is 125 Å². The molecule has 0 fully saturated rings. The maximum absolute atomic E-state index is 16.4. The molecule has 5 aromatic rings. The Morgan fingerprint density at radius 2 is 1.83 bits per heavy atom. The van der Waals surface area contributed by atoms with E-state index in [9.17, 15) is 18.7 Å². The maximum Gasteiger partial charge on any atom is 0.414 e. The highest BCUT2D eigenvalue weighted by molar-refractivity contribution is 6.32. The number of nitrogens with one attached hydrogen (secondary N) is 1. The summed E-state index contributed by atoms with van der Waals surface area (Å²) in [5, 5.41) is 17.4. The van der Waals surface area contributed by atoms with E-state index >= 15 is 9.18 Å². The summed E-state index contributed by atoms with van der Waals surface area (Å²) in [6, 6.07) is 16.1. The van der Waals surface area contributed by atoms with E-state index in [0.717, 1.165) is 15.9 Å². The number of hydrogen-bond acceptors (Lipinski definition) is 9. The summed E-state index contributed by atoms with van der Waals surface area (Å²) in [7, 11) is 0. The molecular formula is C37H34ClF3N8O4. The molecule has 3 aromatic carbocycles. The second-order valence-electron chi connectivity index (χ2n) is 13.4. The van der Waals surface area contributed by atoms with Gasteiger partial charge in [-0.1, -0.05) is 80.9 Å². The number of nitrogens with zero attached hydrogens (tertiary/aromatic N) is 7. The van der Waals surface area contributed by atoms with Crippen molar-refractivity contribution < 1.29 is 32.6 Å². The molecule has 0 spiro atoms. The molecule has 0 saturated heterocycles. The van der Waals surface area contributed by atoms with Crippen molar-refractivity contribution in [3.63, 3.8) is 0 Å². The Bertz CT molecular complexity index is 2150. The predicted molar refractivity (Wildman–Crippen MR) is 188 cm³/mol. The first kappa shape index (κ1) is 37.1. The highest BCUT2D eigenvalue weighted by atomic mass is 35.5. The molecule has 0 saturated carbocycles. The molecule has 0 aliphatic carbocycles. The van der Waals surface area contributed by atoms with Crippen LogP contribution in [0.3, 0.4) is 0 Å². The van der Waals surface area contributed by atoms with Crippen LogP contribution in [0.5, 0.6) is 0 Å². The number of aliphatic imine (C=N–C) groups is 1. The molecule has 53 heavy (non-hydrogen) atoms. The SMILES string of the molecule is CC(C)(C)C[C@]1(c2ccc(-c3cnccn3)cc2F)N=C(NC(=O)OCc2ccccc2)N([C@H](CO)c2ccc(Cl)c(-n3ncnc3C(F)F)c2)C1=O. The number of alkyl halides is 2. The molecule has 1 aliphatic heterocycles. The number of rotatable bonds is 10. The highest BCUT2D eigenvalue weighted by Crippen LogP contribution is 2.46. The van der Waals surface area contributed by atoms with E-state index in [1.165, 1.54) is 48.9 Å². The van der Waals surface area contributed by atoms with E-state index in [-0.39, 0.29) is 40.8 Å². The molecule has 3 heterocycles. The fraction of sp³-hybridized carbons (Fsp3) is 0.270. The first-order valence-electron chi connectivity index (χ1n) is 16.4. The summed E-state index contributed by atoms with van der Waals surface area (Å²) < 4.78 is 50.4. The van der Waals surface area contributed by atoms with Crippen molar-refractivity contribution in [1.29, 1.82) is 0 Å². The normalized spacial score (nSPS) is 16.5.